The third-order valence-corrected chi connectivity index (χ3v) is 1.93. The van der Waals surface area contributed by atoms with Gasteiger partial charge in [-0.05, 0) is 38.5 Å². The van der Waals surface area contributed by atoms with Gasteiger partial charge in [-0.3, -0.25) is 0 Å². The summed E-state index contributed by atoms with van der Waals surface area (Å²) in [5, 5.41) is 0. The van der Waals surface area contributed by atoms with Gasteiger partial charge in [0.15, 0.2) is 0 Å². The van der Waals surface area contributed by atoms with Gasteiger partial charge in [0.05, 0.1) is 0 Å². The van der Waals surface area contributed by atoms with Crippen molar-refractivity contribution < 1.29 is 4.39 Å². The fraction of sp³-hybridized carbons (Fsp3) is 0.294. The maximum absolute atomic E-state index is 12.2. The normalized spacial score (nSPS) is 10.0. The average molecular weight is 248 g/mol. The van der Waals surface area contributed by atoms with Gasteiger partial charge < -0.3 is 0 Å². The minimum absolute atomic E-state index is 0.162. The molecule has 0 aliphatic rings. The van der Waals surface area contributed by atoms with Crippen molar-refractivity contribution in [1.29, 1.82) is 0 Å². The summed E-state index contributed by atoms with van der Waals surface area (Å²) in [7, 11) is 0. The summed E-state index contributed by atoms with van der Waals surface area (Å²) in [5.41, 5.74) is 2.23. The van der Waals surface area contributed by atoms with E-state index in [0.717, 1.165) is 5.56 Å². The first-order valence-corrected chi connectivity index (χ1v) is 6.24. The first-order valence-electron chi connectivity index (χ1n) is 6.24. The monoisotopic (exact) mass is 248 g/mol. The molecule has 0 amide bonds. The highest BCUT2D eigenvalue weighted by Gasteiger charge is 1.84. The largest absolute Gasteiger partial charge is 0.207 e. The number of hydrogen-bond acceptors (Lipinski definition) is 0. The molecule has 0 radical (unpaired) electrons. The highest BCUT2D eigenvalue weighted by molar-refractivity contribution is 5.18. The Morgan fingerprint density at radius 1 is 1.28 bits per heavy atom. The molecule has 0 aliphatic carbocycles. The highest BCUT2D eigenvalue weighted by atomic mass is 19.1. The van der Waals surface area contributed by atoms with E-state index in [4.69, 9.17) is 0 Å². The third kappa shape index (κ3) is 12.4. The maximum Gasteiger partial charge on any atom is 0.123 e. The Balaban J connectivity index is 0. The first-order chi connectivity index (χ1) is 8.60. The third-order valence-electron chi connectivity index (χ3n) is 1.93. The van der Waals surface area contributed by atoms with E-state index in [1.807, 2.05) is 45.9 Å². The second-order valence-electron chi connectivity index (χ2n) is 3.43. The summed E-state index contributed by atoms with van der Waals surface area (Å²) in [5.74, 6) is -0.162. The topological polar surface area (TPSA) is 0 Å². The van der Waals surface area contributed by atoms with Gasteiger partial charge in [0.2, 0.25) is 0 Å². The molecule has 0 bridgehead atoms. The lowest BCUT2D eigenvalue weighted by molar-refractivity contribution is 0.626. The zero-order valence-corrected chi connectivity index (χ0v) is 12.2. The molecule has 1 heteroatoms. The predicted octanol–water partition coefficient (Wildman–Crippen LogP) is 5.86. The first kappa shape index (κ1) is 18.7. The maximum atomic E-state index is 12.2. The molecular weight excluding hydrogens is 223 g/mol. The van der Waals surface area contributed by atoms with Gasteiger partial charge in [0.1, 0.15) is 5.82 Å². The summed E-state index contributed by atoms with van der Waals surface area (Å²) in [4.78, 5) is 0. The fourth-order valence-corrected chi connectivity index (χ4v) is 0.922. The number of benzene rings is 1. The van der Waals surface area contributed by atoms with E-state index in [0.29, 0.717) is 0 Å². The van der Waals surface area contributed by atoms with Gasteiger partial charge >= 0.3 is 0 Å². The Labute approximate surface area is 112 Å². The minimum Gasteiger partial charge on any atom is -0.207 e. The van der Waals surface area contributed by atoms with Crippen molar-refractivity contribution in [1.82, 2.24) is 0 Å². The van der Waals surface area contributed by atoms with Crippen LogP contribution in [0.5, 0.6) is 0 Å². The SMILES string of the molecule is C=C/C=C\C(C)=C/C.CC.Cc1cccc(F)c1. The molecule has 0 atom stereocenters. The van der Waals surface area contributed by atoms with Gasteiger partial charge in [-0.25, -0.2) is 4.39 Å². The standard InChI is InChI=1S/C8H12.C7H7F.C2H6/c1-4-6-7-8(3)5-2;1-6-3-2-4-7(8)5-6;1-2/h4-7H,1H2,2-3H3;2-5H,1H3;1-2H3/b7-6-,8-5-;;. The predicted molar refractivity (Wildman–Crippen MR) is 81.3 cm³/mol. The molecule has 0 N–H and O–H groups in total. The van der Waals surface area contributed by atoms with Crippen molar-refractivity contribution in [2.45, 2.75) is 34.6 Å². The lowest BCUT2D eigenvalue weighted by Crippen LogP contribution is -1.72. The molecule has 1 aromatic carbocycles. The van der Waals surface area contributed by atoms with Crippen molar-refractivity contribution in [3.63, 3.8) is 0 Å². The molecule has 0 spiro atoms. The van der Waals surface area contributed by atoms with Crippen molar-refractivity contribution in [3.05, 3.63) is 72.1 Å². The van der Waals surface area contributed by atoms with Crippen molar-refractivity contribution in [3.8, 4) is 0 Å². The van der Waals surface area contributed by atoms with Gasteiger partial charge in [0, 0.05) is 0 Å². The summed E-state index contributed by atoms with van der Waals surface area (Å²) in [6.45, 7) is 13.5. The molecule has 0 nitrogen and oxygen atoms in total. The Hall–Kier alpha value is -1.63. The minimum atomic E-state index is -0.162. The van der Waals surface area contributed by atoms with E-state index in [2.05, 4.69) is 19.6 Å². The van der Waals surface area contributed by atoms with Gasteiger partial charge in [-0.1, -0.05) is 62.4 Å². The molecular formula is C17H25F. The second-order valence-corrected chi connectivity index (χ2v) is 3.43. The zero-order chi connectivity index (χ0) is 14.4. The molecule has 100 valence electrons. The van der Waals surface area contributed by atoms with E-state index >= 15 is 0 Å². The molecule has 1 rings (SSSR count). The van der Waals surface area contributed by atoms with Crippen molar-refractivity contribution >= 4 is 0 Å². The van der Waals surface area contributed by atoms with E-state index in [1.54, 1.807) is 12.1 Å². The van der Waals surface area contributed by atoms with Crippen LogP contribution >= 0.6 is 0 Å². The molecule has 0 heterocycles. The van der Waals surface area contributed by atoms with E-state index in [1.165, 1.54) is 17.7 Å². The number of allylic oxidation sites excluding steroid dienone is 5. The number of hydrogen-bond donors (Lipinski definition) is 0. The lowest BCUT2D eigenvalue weighted by atomic mass is 10.2. The number of aryl methyl sites for hydroxylation is 1. The average Bonchev–Trinajstić information content (AvgIpc) is 2.38. The van der Waals surface area contributed by atoms with Crippen LogP contribution in [0.15, 0.2) is 60.7 Å². The molecule has 0 saturated heterocycles. The van der Waals surface area contributed by atoms with Crippen LogP contribution in [0.4, 0.5) is 4.39 Å². The highest BCUT2D eigenvalue weighted by Crippen LogP contribution is 1.99. The zero-order valence-electron chi connectivity index (χ0n) is 12.2. The summed E-state index contributed by atoms with van der Waals surface area (Å²) < 4.78 is 12.2. The Morgan fingerprint density at radius 2 is 1.89 bits per heavy atom. The lowest BCUT2D eigenvalue weighted by Gasteiger charge is -1.87. The molecule has 1 aromatic rings. The smallest absolute Gasteiger partial charge is 0.123 e. The molecule has 0 saturated carbocycles. The molecule has 0 unspecified atom stereocenters. The summed E-state index contributed by atoms with van der Waals surface area (Å²) in [6.07, 6.45) is 7.77. The summed E-state index contributed by atoms with van der Waals surface area (Å²) in [6, 6.07) is 6.50. The molecule has 0 fully saturated rings. The molecule has 18 heavy (non-hydrogen) atoms. The summed E-state index contributed by atoms with van der Waals surface area (Å²) >= 11 is 0. The van der Waals surface area contributed by atoms with Crippen LogP contribution < -0.4 is 0 Å². The second kappa shape index (κ2) is 13.4. The van der Waals surface area contributed by atoms with Crippen LogP contribution in [0.3, 0.4) is 0 Å². The number of halogens is 1. The van der Waals surface area contributed by atoms with Crippen LogP contribution in [-0.2, 0) is 0 Å². The Morgan fingerprint density at radius 3 is 2.22 bits per heavy atom. The van der Waals surface area contributed by atoms with Crippen LogP contribution in [-0.4, -0.2) is 0 Å². The van der Waals surface area contributed by atoms with E-state index in [9.17, 15) is 4.39 Å². The van der Waals surface area contributed by atoms with Crippen molar-refractivity contribution in [2.75, 3.05) is 0 Å². The van der Waals surface area contributed by atoms with Crippen LogP contribution in [0.2, 0.25) is 0 Å². The van der Waals surface area contributed by atoms with Gasteiger partial charge in [0.25, 0.3) is 0 Å². The van der Waals surface area contributed by atoms with Crippen LogP contribution in [0.1, 0.15) is 33.3 Å². The number of rotatable bonds is 2. The van der Waals surface area contributed by atoms with Crippen LogP contribution in [0, 0.1) is 12.7 Å². The molecule has 0 aliphatic heterocycles. The van der Waals surface area contributed by atoms with Crippen molar-refractivity contribution in [2.24, 2.45) is 0 Å². The van der Waals surface area contributed by atoms with E-state index < -0.39 is 0 Å². The van der Waals surface area contributed by atoms with E-state index in [-0.39, 0.29) is 5.82 Å². The Kier molecular flexibility index (Phi) is 14.0. The van der Waals surface area contributed by atoms with Gasteiger partial charge in [-0.2, -0.15) is 0 Å². The van der Waals surface area contributed by atoms with Gasteiger partial charge in [-0.15, -0.1) is 0 Å². The van der Waals surface area contributed by atoms with Crippen LogP contribution in [0.25, 0.3) is 0 Å². The quantitative estimate of drug-likeness (QED) is 0.575. The fourth-order valence-electron chi connectivity index (χ4n) is 0.922. The molecule has 0 aromatic heterocycles. The Bertz CT molecular complexity index is 356.